The second kappa shape index (κ2) is 5.13. The molecule has 0 fully saturated rings. The van der Waals surface area contributed by atoms with Gasteiger partial charge in [-0.05, 0) is 20.0 Å². The van der Waals surface area contributed by atoms with Crippen LogP contribution >= 0.6 is 0 Å². The van der Waals surface area contributed by atoms with Crippen LogP contribution in [0.1, 0.15) is 20.3 Å². The van der Waals surface area contributed by atoms with Gasteiger partial charge in [-0.25, -0.2) is 0 Å². The van der Waals surface area contributed by atoms with E-state index in [0.29, 0.717) is 0 Å². The Labute approximate surface area is 68.8 Å². The molecule has 0 heterocycles. The van der Waals surface area contributed by atoms with E-state index < -0.39 is 0 Å². The average Bonchev–Trinajstić information content (AvgIpc) is 2.05. The van der Waals surface area contributed by atoms with Gasteiger partial charge < -0.3 is 5.32 Å². The highest BCUT2D eigenvalue weighted by atomic mass is 16.2. The fourth-order valence-electron chi connectivity index (χ4n) is 1.08. The molecule has 0 spiro atoms. The van der Waals surface area contributed by atoms with Crippen LogP contribution in [0.2, 0.25) is 0 Å². The van der Waals surface area contributed by atoms with E-state index >= 15 is 0 Å². The first kappa shape index (κ1) is 10.4. The summed E-state index contributed by atoms with van der Waals surface area (Å²) < 4.78 is 0. The molecule has 3 heteroatoms. The van der Waals surface area contributed by atoms with Crippen molar-refractivity contribution >= 4 is 5.91 Å². The van der Waals surface area contributed by atoms with Crippen LogP contribution in [0, 0.1) is 0 Å². The molecule has 1 amide bonds. The Balaban J connectivity index is 4.03. The summed E-state index contributed by atoms with van der Waals surface area (Å²) in [5.74, 6) is 0.108. The number of hydrogen-bond acceptors (Lipinski definition) is 2. The molecule has 3 nitrogen and oxygen atoms in total. The maximum absolute atomic E-state index is 11.2. The van der Waals surface area contributed by atoms with Crippen molar-refractivity contribution in [3.8, 4) is 0 Å². The number of amides is 1. The molecule has 11 heavy (non-hydrogen) atoms. The summed E-state index contributed by atoms with van der Waals surface area (Å²) >= 11 is 0. The first-order valence-electron chi connectivity index (χ1n) is 4.09. The molecule has 0 aliphatic carbocycles. The Morgan fingerprint density at radius 1 is 1.55 bits per heavy atom. The van der Waals surface area contributed by atoms with Gasteiger partial charge in [-0.3, -0.25) is 9.69 Å². The van der Waals surface area contributed by atoms with E-state index in [9.17, 15) is 4.79 Å². The number of rotatable bonds is 4. The maximum Gasteiger partial charge on any atom is 0.237 e. The standard InChI is InChI=1S/C8H18N2O/c1-5-7(8(11)9-3)10(4)6-2/h7H,5-6H2,1-4H3,(H,9,11). The van der Waals surface area contributed by atoms with Gasteiger partial charge in [0.15, 0.2) is 0 Å². The van der Waals surface area contributed by atoms with Crippen molar-refractivity contribution in [2.24, 2.45) is 0 Å². The van der Waals surface area contributed by atoms with Crippen molar-refractivity contribution in [2.75, 3.05) is 20.6 Å². The SMILES string of the molecule is CCC(C(=O)NC)N(C)CC. The minimum absolute atomic E-state index is 0.0324. The highest BCUT2D eigenvalue weighted by Crippen LogP contribution is 2.00. The van der Waals surface area contributed by atoms with Gasteiger partial charge in [0.1, 0.15) is 0 Å². The summed E-state index contributed by atoms with van der Waals surface area (Å²) in [7, 11) is 3.64. The van der Waals surface area contributed by atoms with Crippen LogP contribution in [-0.4, -0.2) is 37.5 Å². The topological polar surface area (TPSA) is 32.3 Å². The fourth-order valence-corrected chi connectivity index (χ4v) is 1.08. The molecule has 0 bridgehead atoms. The summed E-state index contributed by atoms with van der Waals surface area (Å²) in [6, 6.07) is 0.0324. The quantitative estimate of drug-likeness (QED) is 0.644. The van der Waals surface area contributed by atoms with Crippen molar-refractivity contribution in [3.63, 3.8) is 0 Å². The third-order valence-corrected chi connectivity index (χ3v) is 1.97. The fraction of sp³-hybridized carbons (Fsp3) is 0.875. The second-order valence-corrected chi connectivity index (χ2v) is 2.61. The van der Waals surface area contributed by atoms with Crippen LogP contribution in [0.4, 0.5) is 0 Å². The normalized spacial score (nSPS) is 13.2. The first-order valence-corrected chi connectivity index (χ1v) is 4.09. The van der Waals surface area contributed by atoms with Gasteiger partial charge in [0, 0.05) is 7.05 Å². The summed E-state index contributed by atoms with van der Waals surface area (Å²) in [6.07, 6.45) is 0.865. The van der Waals surface area contributed by atoms with E-state index in [2.05, 4.69) is 5.32 Å². The number of nitrogens with one attached hydrogen (secondary N) is 1. The summed E-state index contributed by atoms with van der Waals surface area (Å²) in [5.41, 5.74) is 0. The van der Waals surface area contributed by atoms with Crippen LogP contribution in [0.25, 0.3) is 0 Å². The van der Waals surface area contributed by atoms with Crippen molar-refractivity contribution < 1.29 is 4.79 Å². The molecule has 1 unspecified atom stereocenters. The molecular weight excluding hydrogens is 140 g/mol. The Morgan fingerprint density at radius 3 is 2.36 bits per heavy atom. The average molecular weight is 158 g/mol. The van der Waals surface area contributed by atoms with Crippen LogP contribution in [0.15, 0.2) is 0 Å². The van der Waals surface area contributed by atoms with Gasteiger partial charge in [-0.2, -0.15) is 0 Å². The van der Waals surface area contributed by atoms with Gasteiger partial charge in [0.25, 0.3) is 0 Å². The molecule has 0 aromatic carbocycles. The summed E-state index contributed by atoms with van der Waals surface area (Å²) in [6.45, 7) is 4.98. The van der Waals surface area contributed by atoms with Crippen LogP contribution in [0.3, 0.4) is 0 Å². The van der Waals surface area contributed by atoms with E-state index in [0.717, 1.165) is 13.0 Å². The van der Waals surface area contributed by atoms with Gasteiger partial charge in [0.05, 0.1) is 6.04 Å². The van der Waals surface area contributed by atoms with E-state index in [1.807, 2.05) is 25.8 Å². The highest BCUT2D eigenvalue weighted by Gasteiger charge is 2.17. The zero-order valence-electron chi connectivity index (χ0n) is 7.85. The molecule has 0 aliphatic rings. The Hall–Kier alpha value is -0.570. The van der Waals surface area contributed by atoms with Crippen LogP contribution in [-0.2, 0) is 4.79 Å². The number of carbonyl (C=O) groups excluding carboxylic acids is 1. The molecule has 1 N–H and O–H groups in total. The number of likely N-dealkylation sites (N-methyl/N-ethyl adjacent to an activating group) is 2. The predicted octanol–water partition coefficient (Wildman–Crippen LogP) is 0.463. The van der Waals surface area contributed by atoms with E-state index in [1.54, 1.807) is 7.05 Å². The zero-order chi connectivity index (χ0) is 8.85. The van der Waals surface area contributed by atoms with Gasteiger partial charge in [-0.15, -0.1) is 0 Å². The third kappa shape index (κ3) is 2.89. The lowest BCUT2D eigenvalue weighted by Gasteiger charge is -2.23. The number of hydrogen-bond donors (Lipinski definition) is 1. The Bertz CT molecular complexity index is 125. The smallest absolute Gasteiger partial charge is 0.237 e. The molecule has 0 saturated carbocycles. The van der Waals surface area contributed by atoms with Crippen molar-refractivity contribution in [2.45, 2.75) is 26.3 Å². The maximum atomic E-state index is 11.2. The molecule has 0 aliphatic heterocycles. The molecule has 0 aromatic rings. The third-order valence-electron chi connectivity index (χ3n) is 1.97. The van der Waals surface area contributed by atoms with Crippen molar-refractivity contribution in [1.82, 2.24) is 10.2 Å². The number of carbonyl (C=O) groups is 1. The number of nitrogens with zero attached hydrogens (tertiary/aromatic N) is 1. The minimum Gasteiger partial charge on any atom is -0.358 e. The van der Waals surface area contributed by atoms with Gasteiger partial charge in [0.2, 0.25) is 5.91 Å². The van der Waals surface area contributed by atoms with Gasteiger partial charge in [-0.1, -0.05) is 13.8 Å². The largest absolute Gasteiger partial charge is 0.358 e. The zero-order valence-corrected chi connectivity index (χ0v) is 7.85. The van der Waals surface area contributed by atoms with E-state index in [4.69, 9.17) is 0 Å². The lowest BCUT2D eigenvalue weighted by Crippen LogP contribution is -2.43. The summed E-state index contributed by atoms with van der Waals surface area (Å²) in [5, 5.41) is 2.65. The minimum atomic E-state index is 0.0324. The predicted molar refractivity (Wildman–Crippen MR) is 46.4 cm³/mol. The molecule has 1 atom stereocenters. The van der Waals surface area contributed by atoms with Crippen LogP contribution in [0.5, 0.6) is 0 Å². The van der Waals surface area contributed by atoms with E-state index in [1.165, 1.54) is 0 Å². The lowest BCUT2D eigenvalue weighted by atomic mass is 10.2. The van der Waals surface area contributed by atoms with E-state index in [-0.39, 0.29) is 11.9 Å². The molecule has 0 rings (SSSR count). The lowest BCUT2D eigenvalue weighted by molar-refractivity contribution is -0.125. The van der Waals surface area contributed by atoms with Crippen molar-refractivity contribution in [1.29, 1.82) is 0 Å². The monoisotopic (exact) mass is 158 g/mol. The van der Waals surface area contributed by atoms with Gasteiger partial charge >= 0.3 is 0 Å². The molecule has 0 radical (unpaired) electrons. The van der Waals surface area contributed by atoms with Crippen molar-refractivity contribution in [3.05, 3.63) is 0 Å². The molecule has 66 valence electrons. The summed E-state index contributed by atoms with van der Waals surface area (Å²) in [4.78, 5) is 13.2. The second-order valence-electron chi connectivity index (χ2n) is 2.61. The first-order chi connectivity index (χ1) is 5.17. The Morgan fingerprint density at radius 2 is 2.09 bits per heavy atom. The molecule has 0 aromatic heterocycles. The molecule has 0 saturated heterocycles. The highest BCUT2D eigenvalue weighted by molar-refractivity contribution is 5.81. The Kier molecular flexibility index (Phi) is 4.86. The molecular formula is C8H18N2O. The van der Waals surface area contributed by atoms with Crippen LogP contribution < -0.4 is 5.32 Å².